The van der Waals surface area contributed by atoms with Crippen LogP contribution in [0.4, 0.5) is 4.79 Å². The van der Waals surface area contributed by atoms with Crippen LogP contribution in [0.5, 0.6) is 0 Å². The van der Waals surface area contributed by atoms with E-state index in [2.05, 4.69) is 10.2 Å². The van der Waals surface area contributed by atoms with Gasteiger partial charge in [0.25, 0.3) is 0 Å². The fourth-order valence-electron chi connectivity index (χ4n) is 2.74. The van der Waals surface area contributed by atoms with Crippen LogP contribution in [-0.2, 0) is 4.74 Å². The van der Waals surface area contributed by atoms with Crippen LogP contribution in [0.15, 0.2) is 28.7 Å². The number of nitrogens with zero attached hydrogens (tertiary/aromatic N) is 3. The minimum atomic E-state index is -0.522. The van der Waals surface area contributed by atoms with Crippen LogP contribution in [-0.4, -0.2) is 33.3 Å². The highest BCUT2D eigenvalue weighted by Gasteiger charge is 2.36. The van der Waals surface area contributed by atoms with Gasteiger partial charge in [-0.05, 0) is 52.7 Å². The Kier molecular flexibility index (Phi) is 6.40. The third kappa shape index (κ3) is 4.84. The van der Waals surface area contributed by atoms with Crippen molar-refractivity contribution in [2.75, 3.05) is 6.54 Å². The van der Waals surface area contributed by atoms with Crippen molar-refractivity contribution >= 4 is 6.09 Å². The van der Waals surface area contributed by atoms with E-state index in [1.54, 1.807) is 4.90 Å². The minimum Gasteiger partial charge on any atom is -0.444 e. The van der Waals surface area contributed by atoms with E-state index < -0.39 is 5.60 Å². The molecule has 3 rings (SSSR count). The number of rotatable bonds is 2. The normalized spacial score (nSPS) is 16.8. The molecule has 1 amide bonds. The number of carbonyl (C=O) groups is 1. The van der Waals surface area contributed by atoms with E-state index in [1.807, 2.05) is 65.8 Å². The molecule has 1 aromatic carbocycles. The molecule has 1 saturated heterocycles. The molecule has 0 N–H and O–H groups in total. The minimum absolute atomic E-state index is 0.216. The van der Waals surface area contributed by atoms with E-state index in [9.17, 15) is 4.79 Å². The molecule has 0 aliphatic carbocycles. The summed E-state index contributed by atoms with van der Waals surface area (Å²) in [5.74, 6) is 0.940. The van der Waals surface area contributed by atoms with E-state index >= 15 is 0 Å². The molecule has 6 heteroatoms. The predicted octanol–water partition coefficient (Wildman–Crippen LogP) is 5.14. The first-order chi connectivity index (χ1) is 12.3. The molecular formula is C20H29N3O3. The molecule has 1 atom stereocenters. The Bertz CT molecular complexity index is 717. The Morgan fingerprint density at radius 2 is 1.85 bits per heavy atom. The van der Waals surface area contributed by atoms with Gasteiger partial charge >= 0.3 is 6.09 Å². The number of likely N-dealkylation sites (tertiary alicyclic amines) is 1. The number of ether oxygens (including phenoxy) is 1. The topological polar surface area (TPSA) is 68.5 Å². The van der Waals surface area contributed by atoms with Gasteiger partial charge in [0.05, 0.1) is 0 Å². The van der Waals surface area contributed by atoms with Gasteiger partial charge < -0.3 is 9.15 Å². The summed E-state index contributed by atoms with van der Waals surface area (Å²) in [5.41, 5.74) is 1.53. The largest absolute Gasteiger partial charge is 0.444 e. The Morgan fingerprint density at radius 1 is 1.19 bits per heavy atom. The molecule has 1 aliphatic heterocycles. The van der Waals surface area contributed by atoms with Crippen LogP contribution in [0.25, 0.3) is 11.5 Å². The lowest BCUT2D eigenvalue weighted by atomic mass is 10.1. The second-order valence-corrected chi connectivity index (χ2v) is 7.14. The van der Waals surface area contributed by atoms with Crippen molar-refractivity contribution in [1.29, 1.82) is 0 Å². The van der Waals surface area contributed by atoms with Crippen molar-refractivity contribution in [1.82, 2.24) is 15.1 Å². The molecule has 26 heavy (non-hydrogen) atoms. The lowest BCUT2D eigenvalue weighted by Gasteiger charge is -2.27. The van der Waals surface area contributed by atoms with Crippen molar-refractivity contribution in [2.45, 2.75) is 66.0 Å². The first kappa shape index (κ1) is 19.9. The van der Waals surface area contributed by atoms with Crippen LogP contribution in [0.3, 0.4) is 0 Å². The molecule has 0 saturated carbocycles. The molecule has 2 aromatic rings. The van der Waals surface area contributed by atoms with Crippen molar-refractivity contribution < 1.29 is 13.9 Å². The summed E-state index contributed by atoms with van der Waals surface area (Å²) < 4.78 is 11.3. The Labute approximate surface area is 155 Å². The van der Waals surface area contributed by atoms with Crippen LogP contribution in [0.1, 0.15) is 65.0 Å². The first-order valence-corrected chi connectivity index (χ1v) is 9.23. The zero-order chi connectivity index (χ0) is 19.3. The molecule has 1 unspecified atom stereocenters. The van der Waals surface area contributed by atoms with E-state index in [4.69, 9.17) is 9.15 Å². The maximum atomic E-state index is 12.4. The number of aromatic nitrogens is 2. The summed E-state index contributed by atoms with van der Waals surface area (Å²) in [6.45, 7) is 12.2. The molecule has 0 radical (unpaired) electrons. The number of hydrogen-bond acceptors (Lipinski definition) is 5. The number of carbonyl (C=O) groups excluding carboxylic acids is 1. The fourth-order valence-corrected chi connectivity index (χ4v) is 2.74. The monoisotopic (exact) mass is 359 g/mol. The van der Waals surface area contributed by atoms with Gasteiger partial charge in [0, 0.05) is 12.1 Å². The summed E-state index contributed by atoms with van der Waals surface area (Å²) in [6, 6.07) is 7.69. The van der Waals surface area contributed by atoms with Crippen molar-refractivity contribution in [3.05, 3.63) is 35.7 Å². The van der Waals surface area contributed by atoms with Crippen LogP contribution in [0.2, 0.25) is 0 Å². The highest BCUT2D eigenvalue weighted by atomic mass is 16.6. The highest BCUT2D eigenvalue weighted by molar-refractivity contribution is 5.69. The van der Waals surface area contributed by atoms with E-state index in [0.717, 1.165) is 18.4 Å². The van der Waals surface area contributed by atoms with Gasteiger partial charge in [0.15, 0.2) is 0 Å². The summed E-state index contributed by atoms with van der Waals surface area (Å²) in [5, 5.41) is 8.29. The highest BCUT2D eigenvalue weighted by Crippen LogP contribution is 2.33. The molecule has 142 valence electrons. The van der Waals surface area contributed by atoms with Crippen molar-refractivity contribution in [2.24, 2.45) is 0 Å². The maximum absolute atomic E-state index is 12.4. The van der Waals surface area contributed by atoms with Gasteiger partial charge in [0.2, 0.25) is 11.8 Å². The van der Waals surface area contributed by atoms with Gasteiger partial charge in [0.1, 0.15) is 11.6 Å². The van der Waals surface area contributed by atoms with E-state index in [-0.39, 0.29) is 12.1 Å². The second kappa shape index (κ2) is 8.34. The van der Waals surface area contributed by atoms with E-state index in [0.29, 0.717) is 18.3 Å². The third-order valence-electron chi connectivity index (χ3n) is 3.91. The summed E-state index contributed by atoms with van der Waals surface area (Å²) >= 11 is 0. The van der Waals surface area contributed by atoms with Gasteiger partial charge in [-0.15, -0.1) is 10.2 Å². The summed E-state index contributed by atoms with van der Waals surface area (Å²) in [4.78, 5) is 14.1. The van der Waals surface area contributed by atoms with Crippen LogP contribution in [0, 0.1) is 6.92 Å². The standard InChI is InChI=1S/C18H23N3O3.C2H6/c1-12-7-9-13(10-8-12)15-19-20-16(23-15)14-6-5-11-21(14)17(22)24-18(2,3)4;1-2/h7-10,14H,5-6,11H2,1-4H3;1-2H3. The zero-order valence-electron chi connectivity index (χ0n) is 16.6. The van der Waals surface area contributed by atoms with Crippen molar-refractivity contribution in [3.8, 4) is 11.5 Å². The molecule has 2 heterocycles. The second-order valence-electron chi connectivity index (χ2n) is 7.14. The smallest absolute Gasteiger partial charge is 0.410 e. The van der Waals surface area contributed by atoms with Gasteiger partial charge in [-0.2, -0.15) is 0 Å². The molecule has 0 spiro atoms. The Balaban J connectivity index is 0.00000117. The van der Waals surface area contributed by atoms with Gasteiger partial charge in [-0.3, -0.25) is 4.90 Å². The summed E-state index contributed by atoms with van der Waals surface area (Å²) in [7, 11) is 0. The number of benzene rings is 1. The first-order valence-electron chi connectivity index (χ1n) is 9.23. The average Bonchev–Trinajstić information content (AvgIpc) is 3.25. The lowest BCUT2D eigenvalue weighted by molar-refractivity contribution is 0.0204. The van der Waals surface area contributed by atoms with Crippen molar-refractivity contribution in [3.63, 3.8) is 0 Å². The summed E-state index contributed by atoms with van der Waals surface area (Å²) in [6.07, 6.45) is 1.36. The predicted molar refractivity (Wildman–Crippen MR) is 101 cm³/mol. The van der Waals surface area contributed by atoms with Gasteiger partial charge in [-0.1, -0.05) is 31.5 Å². The average molecular weight is 359 g/mol. The van der Waals surface area contributed by atoms with Crippen LogP contribution < -0.4 is 0 Å². The molecule has 6 nitrogen and oxygen atoms in total. The molecule has 1 fully saturated rings. The van der Waals surface area contributed by atoms with Crippen LogP contribution >= 0.6 is 0 Å². The van der Waals surface area contributed by atoms with Gasteiger partial charge in [-0.25, -0.2) is 4.79 Å². The Morgan fingerprint density at radius 3 is 2.46 bits per heavy atom. The lowest BCUT2D eigenvalue weighted by Crippen LogP contribution is -2.36. The third-order valence-corrected chi connectivity index (χ3v) is 3.91. The SMILES string of the molecule is CC.Cc1ccc(-c2nnc(C3CCCN3C(=O)OC(C)(C)C)o2)cc1. The molecule has 0 bridgehead atoms. The molecular weight excluding hydrogens is 330 g/mol. The number of amides is 1. The molecule has 1 aromatic heterocycles. The quantitative estimate of drug-likeness (QED) is 0.742. The zero-order valence-corrected chi connectivity index (χ0v) is 16.6. The number of aryl methyl sites for hydroxylation is 1. The number of hydrogen-bond donors (Lipinski definition) is 0. The fraction of sp³-hybridized carbons (Fsp3) is 0.550. The molecule has 1 aliphatic rings. The Hall–Kier alpha value is -2.37. The maximum Gasteiger partial charge on any atom is 0.410 e. The van der Waals surface area contributed by atoms with E-state index in [1.165, 1.54) is 5.56 Å².